The summed E-state index contributed by atoms with van der Waals surface area (Å²) in [6.07, 6.45) is 5.47. The van der Waals surface area contributed by atoms with Crippen LogP contribution in [0.5, 0.6) is 0 Å². The quantitative estimate of drug-likeness (QED) is 0.696. The van der Waals surface area contributed by atoms with Crippen LogP contribution in [0.3, 0.4) is 0 Å². The van der Waals surface area contributed by atoms with E-state index in [1.807, 2.05) is 22.9 Å². The molecule has 0 amide bonds. The number of nitriles is 1. The topological polar surface area (TPSA) is 59.4 Å². The lowest BCUT2D eigenvalue weighted by Crippen LogP contribution is -2.14. The second kappa shape index (κ2) is 5.58. The van der Waals surface area contributed by atoms with Gasteiger partial charge in [-0.25, -0.2) is 9.97 Å². The third-order valence-corrected chi connectivity index (χ3v) is 3.73. The maximum Gasteiger partial charge on any atom is 0.125 e. The molecule has 3 aromatic rings. The van der Waals surface area contributed by atoms with Crippen molar-refractivity contribution in [1.29, 1.82) is 5.26 Å². The van der Waals surface area contributed by atoms with Crippen LogP contribution in [0.1, 0.15) is 24.4 Å². The lowest BCUT2D eigenvalue weighted by atomic mass is 10.2. The largest absolute Gasteiger partial charge is 0.335 e. The minimum atomic E-state index is 0.159. The van der Waals surface area contributed by atoms with E-state index < -0.39 is 0 Å². The third-order valence-electron chi connectivity index (χ3n) is 3.49. The molecule has 0 spiro atoms. The van der Waals surface area contributed by atoms with Crippen LogP contribution in [-0.2, 0) is 12.4 Å². The van der Waals surface area contributed by atoms with Crippen molar-refractivity contribution in [3.05, 3.63) is 48.3 Å². The molecular formula is C15H14ClN5. The number of halogens is 1. The van der Waals surface area contributed by atoms with Gasteiger partial charge in [0.05, 0.1) is 40.9 Å². The van der Waals surface area contributed by atoms with Crippen molar-refractivity contribution in [2.75, 3.05) is 0 Å². The Kier molecular flexibility index (Phi) is 3.63. The smallest absolute Gasteiger partial charge is 0.125 e. The van der Waals surface area contributed by atoms with Gasteiger partial charge in [0, 0.05) is 18.9 Å². The molecule has 0 aliphatic rings. The molecule has 6 heteroatoms. The van der Waals surface area contributed by atoms with E-state index in [4.69, 9.17) is 16.9 Å². The summed E-state index contributed by atoms with van der Waals surface area (Å²) in [6.45, 7) is 2.88. The van der Waals surface area contributed by atoms with E-state index in [0.717, 1.165) is 23.4 Å². The number of rotatable bonds is 4. The Labute approximate surface area is 127 Å². The van der Waals surface area contributed by atoms with Gasteiger partial charge < -0.3 is 9.13 Å². The van der Waals surface area contributed by atoms with Crippen molar-refractivity contribution in [2.45, 2.75) is 25.4 Å². The monoisotopic (exact) mass is 299 g/mol. The molecule has 0 aliphatic carbocycles. The Bertz CT molecular complexity index is 797. The second-order valence-corrected chi connectivity index (χ2v) is 5.22. The summed E-state index contributed by atoms with van der Waals surface area (Å²) in [4.78, 5) is 8.61. The fourth-order valence-corrected chi connectivity index (χ4v) is 2.77. The van der Waals surface area contributed by atoms with E-state index in [1.165, 1.54) is 0 Å². The van der Waals surface area contributed by atoms with E-state index in [-0.39, 0.29) is 6.04 Å². The average Bonchev–Trinajstić information content (AvgIpc) is 3.12. The highest BCUT2D eigenvalue weighted by atomic mass is 35.5. The molecule has 0 saturated carbocycles. The minimum Gasteiger partial charge on any atom is -0.335 e. The molecule has 0 aliphatic heterocycles. The van der Waals surface area contributed by atoms with Crippen molar-refractivity contribution in [2.24, 2.45) is 0 Å². The number of alkyl halides is 1. The zero-order chi connectivity index (χ0) is 14.8. The number of hydrogen-bond acceptors (Lipinski definition) is 3. The predicted octanol–water partition coefficient (Wildman–Crippen LogP) is 3.10. The lowest BCUT2D eigenvalue weighted by molar-refractivity contribution is 0.464. The first-order chi connectivity index (χ1) is 10.2. The predicted molar refractivity (Wildman–Crippen MR) is 80.9 cm³/mol. The van der Waals surface area contributed by atoms with E-state index in [0.29, 0.717) is 11.4 Å². The molecule has 0 fully saturated rings. The molecule has 1 unspecified atom stereocenters. The Balaban J connectivity index is 2.08. The van der Waals surface area contributed by atoms with Crippen molar-refractivity contribution < 1.29 is 0 Å². The molecule has 1 atom stereocenters. The van der Waals surface area contributed by atoms with Crippen LogP contribution >= 0.6 is 11.6 Å². The van der Waals surface area contributed by atoms with Crippen molar-refractivity contribution in [3.63, 3.8) is 0 Å². The number of benzene rings is 1. The van der Waals surface area contributed by atoms with Crippen molar-refractivity contribution >= 4 is 22.6 Å². The van der Waals surface area contributed by atoms with E-state index >= 15 is 0 Å². The van der Waals surface area contributed by atoms with Crippen molar-refractivity contribution in [3.8, 4) is 6.07 Å². The minimum absolute atomic E-state index is 0.159. The molecule has 0 N–H and O–H groups in total. The third kappa shape index (κ3) is 2.50. The summed E-state index contributed by atoms with van der Waals surface area (Å²) < 4.78 is 4.12. The number of hydrogen-bond donors (Lipinski definition) is 0. The van der Waals surface area contributed by atoms with Gasteiger partial charge in [0.2, 0.25) is 0 Å². The molecular weight excluding hydrogens is 286 g/mol. The highest BCUT2D eigenvalue weighted by Crippen LogP contribution is 2.24. The fourth-order valence-electron chi connectivity index (χ4n) is 2.58. The first-order valence-electron chi connectivity index (χ1n) is 6.65. The Morgan fingerprint density at radius 1 is 1.43 bits per heavy atom. The first-order valence-corrected chi connectivity index (χ1v) is 7.19. The van der Waals surface area contributed by atoms with E-state index in [1.54, 1.807) is 18.6 Å². The van der Waals surface area contributed by atoms with Gasteiger partial charge >= 0.3 is 0 Å². The van der Waals surface area contributed by atoms with Gasteiger partial charge in [-0.05, 0) is 25.1 Å². The van der Waals surface area contributed by atoms with Crippen LogP contribution in [0.2, 0.25) is 0 Å². The maximum atomic E-state index is 9.08. The number of fused-ring (bicyclic) bond motifs is 1. The molecule has 2 heterocycles. The maximum absolute atomic E-state index is 9.08. The fraction of sp³-hybridized carbons (Fsp3) is 0.267. The number of imidazole rings is 2. The molecule has 0 saturated heterocycles. The van der Waals surface area contributed by atoms with Gasteiger partial charge in [-0.2, -0.15) is 5.26 Å². The summed E-state index contributed by atoms with van der Waals surface area (Å²) in [7, 11) is 0. The number of aromatic nitrogens is 4. The molecule has 5 nitrogen and oxygen atoms in total. The number of nitrogens with zero attached hydrogens (tertiary/aromatic N) is 5. The molecule has 0 bridgehead atoms. The van der Waals surface area contributed by atoms with Gasteiger partial charge in [0.15, 0.2) is 0 Å². The average molecular weight is 300 g/mol. The van der Waals surface area contributed by atoms with Gasteiger partial charge in [-0.3, -0.25) is 0 Å². The van der Waals surface area contributed by atoms with Gasteiger partial charge in [-0.1, -0.05) is 0 Å². The molecule has 106 valence electrons. The first kappa shape index (κ1) is 13.7. The van der Waals surface area contributed by atoms with Crippen LogP contribution < -0.4 is 0 Å². The van der Waals surface area contributed by atoms with Gasteiger partial charge in [0.1, 0.15) is 5.82 Å². The zero-order valence-corrected chi connectivity index (χ0v) is 12.3. The zero-order valence-electron chi connectivity index (χ0n) is 11.6. The van der Waals surface area contributed by atoms with Gasteiger partial charge in [0.25, 0.3) is 0 Å². The van der Waals surface area contributed by atoms with Gasteiger partial charge in [-0.15, -0.1) is 11.6 Å². The molecule has 21 heavy (non-hydrogen) atoms. The molecule has 1 aromatic carbocycles. The molecule has 2 aromatic heterocycles. The summed E-state index contributed by atoms with van der Waals surface area (Å²) >= 11 is 6.04. The summed E-state index contributed by atoms with van der Waals surface area (Å²) in [6, 6.07) is 7.83. The van der Waals surface area contributed by atoms with Crippen LogP contribution in [0, 0.1) is 11.3 Å². The Morgan fingerprint density at radius 2 is 2.29 bits per heavy atom. The van der Waals surface area contributed by atoms with Crippen LogP contribution in [0.4, 0.5) is 0 Å². The van der Waals surface area contributed by atoms with Crippen LogP contribution in [0.15, 0.2) is 36.9 Å². The lowest BCUT2D eigenvalue weighted by Gasteiger charge is -2.17. The van der Waals surface area contributed by atoms with Crippen molar-refractivity contribution in [1.82, 2.24) is 19.1 Å². The Morgan fingerprint density at radius 3 is 2.95 bits per heavy atom. The summed E-state index contributed by atoms with van der Waals surface area (Å²) in [5.41, 5.74) is 2.43. The highest BCUT2D eigenvalue weighted by molar-refractivity contribution is 6.16. The van der Waals surface area contributed by atoms with E-state index in [9.17, 15) is 0 Å². The van der Waals surface area contributed by atoms with Crippen LogP contribution in [0.25, 0.3) is 11.0 Å². The second-order valence-electron chi connectivity index (χ2n) is 4.96. The normalized spacial score (nSPS) is 12.4. The molecule has 3 rings (SSSR count). The highest BCUT2D eigenvalue weighted by Gasteiger charge is 2.16. The van der Waals surface area contributed by atoms with Crippen LogP contribution in [-0.4, -0.2) is 19.1 Å². The summed E-state index contributed by atoms with van der Waals surface area (Å²) in [5.74, 6) is 1.15. The Hall–Kier alpha value is -2.32. The standard InChI is InChI=1S/C15H14ClN5/c1-11(9-20-5-4-18-10-20)21-14-6-12(8-17)2-3-13(14)19-15(21)7-16/h2-6,10-11H,7,9H2,1H3. The summed E-state index contributed by atoms with van der Waals surface area (Å²) in [5, 5.41) is 9.08. The van der Waals surface area contributed by atoms with E-state index in [2.05, 4.69) is 27.5 Å². The molecule has 0 radical (unpaired) electrons. The SMILES string of the molecule is CC(Cn1ccnc1)n1c(CCl)nc2ccc(C#N)cc21.